The van der Waals surface area contributed by atoms with Gasteiger partial charge in [-0.3, -0.25) is 14.3 Å². The smallest absolute Gasteiger partial charge is 0.251 e. The van der Waals surface area contributed by atoms with E-state index in [1.807, 2.05) is 43.3 Å². The lowest BCUT2D eigenvalue weighted by atomic mass is 9.88. The Bertz CT molecular complexity index is 1610. The van der Waals surface area contributed by atoms with Crippen molar-refractivity contribution in [1.82, 2.24) is 10.2 Å². The van der Waals surface area contributed by atoms with Crippen LogP contribution in [0.1, 0.15) is 27.9 Å². The van der Waals surface area contributed by atoms with Crippen molar-refractivity contribution in [2.45, 2.75) is 18.1 Å². The molecule has 0 saturated heterocycles. The second-order valence-corrected chi connectivity index (χ2v) is 12.2. The van der Waals surface area contributed by atoms with Gasteiger partial charge in [-0.1, -0.05) is 54.1 Å². The third-order valence-electron chi connectivity index (χ3n) is 6.96. The summed E-state index contributed by atoms with van der Waals surface area (Å²) in [5, 5.41) is 6.07. The summed E-state index contributed by atoms with van der Waals surface area (Å²) in [5.74, 6) is -0.0387. The molecule has 10 heteroatoms. The molecule has 3 N–H and O–H groups in total. The summed E-state index contributed by atoms with van der Waals surface area (Å²) in [4.78, 5) is 27.2. The van der Waals surface area contributed by atoms with Crippen molar-refractivity contribution in [2.75, 3.05) is 44.3 Å². The Morgan fingerprint density at radius 1 is 0.952 bits per heavy atom. The van der Waals surface area contributed by atoms with Gasteiger partial charge >= 0.3 is 0 Å². The normalized spacial score (nSPS) is 16.2. The standard InChI is InChI=1S/C32H36N4O5S/c1-23-8-5-9-25(20-23)30(37)34-19-18-33-27-11-6-12-28(21-27)35-42(39,40)32(31(38)36(2)3)17-7-10-26(22-32)24-13-15-29(41-4)16-14-24/h5-17,20-21,33,35H,18-19,22H2,1-4H3,(H,34,37). The first-order valence-electron chi connectivity index (χ1n) is 13.5. The third kappa shape index (κ3) is 6.83. The van der Waals surface area contributed by atoms with Gasteiger partial charge in [-0.15, -0.1) is 0 Å². The lowest BCUT2D eigenvalue weighted by molar-refractivity contribution is -0.130. The van der Waals surface area contributed by atoms with E-state index < -0.39 is 20.7 Å². The molecule has 0 bridgehead atoms. The molecule has 1 unspecified atom stereocenters. The van der Waals surface area contributed by atoms with Crippen LogP contribution in [0.4, 0.5) is 11.4 Å². The number of ether oxygens (including phenoxy) is 1. The van der Waals surface area contributed by atoms with Crippen LogP contribution in [0.5, 0.6) is 5.75 Å². The number of anilines is 2. The highest BCUT2D eigenvalue weighted by Crippen LogP contribution is 2.38. The van der Waals surface area contributed by atoms with E-state index in [-0.39, 0.29) is 12.3 Å². The van der Waals surface area contributed by atoms with Crippen molar-refractivity contribution in [3.63, 3.8) is 0 Å². The highest BCUT2D eigenvalue weighted by Gasteiger charge is 2.51. The zero-order valence-corrected chi connectivity index (χ0v) is 25.0. The zero-order valence-electron chi connectivity index (χ0n) is 24.2. The molecule has 220 valence electrons. The minimum atomic E-state index is -4.26. The maximum atomic E-state index is 14.0. The van der Waals surface area contributed by atoms with Crippen LogP contribution in [0, 0.1) is 6.92 Å². The van der Waals surface area contributed by atoms with E-state index >= 15 is 0 Å². The van der Waals surface area contributed by atoms with E-state index in [1.54, 1.807) is 69.7 Å². The van der Waals surface area contributed by atoms with Crippen LogP contribution >= 0.6 is 0 Å². The number of rotatable bonds is 11. The van der Waals surface area contributed by atoms with E-state index in [0.29, 0.717) is 41.4 Å². The highest BCUT2D eigenvalue weighted by molar-refractivity contribution is 7.95. The largest absolute Gasteiger partial charge is 0.497 e. The van der Waals surface area contributed by atoms with E-state index in [9.17, 15) is 18.0 Å². The molecule has 0 aromatic heterocycles. The van der Waals surface area contributed by atoms with Gasteiger partial charge in [0.25, 0.3) is 15.9 Å². The van der Waals surface area contributed by atoms with E-state index in [1.165, 1.54) is 11.0 Å². The second kappa shape index (κ2) is 12.9. The van der Waals surface area contributed by atoms with Crippen LogP contribution in [-0.2, 0) is 14.8 Å². The van der Waals surface area contributed by atoms with Gasteiger partial charge in [0.05, 0.1) is 12.8 Å². The predicted octanol–water partition coefficient (Wildman–Crippen LogP) is 4.46. The predicted molar refractivity (Wildman–Crippen MR) is 167 cm³/mol. The summed E-state index contributed by atoms with van der Waals surface area (Å²) in [5.41, 5.74) is 4.07. The molecule has 1 aliphatic carbocycles. The summed E-state index contributed by atoms with van der Waals surface area (Å²) in [6.45, 7) is 2.73. The minimum absolute atomic E-state index is 0.0409. The molecule has 0 radical (unpaired) electrons. The fourth-order valence-electron chi connectivity index (χ4n) is 4.76. The first kappa shape index (κ1) is 30.4. The van der Waals surface area contributed by atoms with Crippen LogP contribution in [0.2, 0.25) is 0 Å². The molecule has 0 saturated carbocycles. The Morgan fingerprint density at radius 2 is 1.67 bits per heavy atom. The number of amides is 2. The number of allylic oxidation sites excluding steroid dienone is 3. The van der Waals surface area contributed by atoms with Gasteiger partial charge in [0, 0.05) is 44.9 Å². The van der Waals surface area contributed by atoms with E-state index in [0.717, 1.165) is 11.1 Å². The van der Waals surface area contributed by atoms with Crippen molar-refractivity contribution in [3.8, 4) is 5.75 Å². The molecule has 4 rings (SSSR count). The molecule has 0 fully saturated rings. The summed E-state index contributed by atoms with van der Waals surface area (Å²) in [7, 11) is 0.399. The molecule has 0 spiro atoms. The fraction of sp³-hybridized carbons (Fsp3) is 0.250. The van der Waals surface area contributed by atoms with Gasteiger partial charge in [0.15, 0.2) is 4.75 Å². The van der Waals surface area contributed by atoms with Gasteiger partial charge in [-0.05, 0) is 60.5 Å². The van der Waals surface area contributed by atoms with Gasteiger partial charge in [-0.25, -0.2) is 8.42 Å². The van der Waals surface area contributed by atoms with Crippen molar-refractivity contribution >= 4 is 38.8 Å². The zero-order chi connectivity index (χ0) is 30.3. The van der Waals surface area contributed by atoms with E-state index in [2.05, 4.69) is 15.4 Å². The molecule has 42 heavy (non-hydrogen) atoms. The SMILES string of the molecule is COc1ccc(C2=CC=CC(C(=O)N(C)C)(S(=O)(=O)Nc3cccc(NCCNC(=O)c4cccc(C)c4)c3)C2)cc1. The monoisotopic (exact) mass is 588 g/mol. The number of carbonyl (C=O) groups excluding carboxylic acids is 2. The number of carbonyl (C=O) groups is 2. The van der Waals surface area contributed by atoms with Crippen molar-refractivity contribution < 1.29 is 22.7 Å². The molecular formula is C32H36N4O5S. The van der Waals surface area contributed by atoms with Crippen molar-refractivity contribution in [2.24, 2.45) is 0 Å². The average molecular weight is 589 g/mol. The Balaban J connectivity index is 1.47. The Hall–Kier alpha value is -4.57. The third-order valence-corrected chi connectivity index (χ3v) is 8.88. The molecule has 3 aromatic rings. The summed E-state index contributed by atoms with van der Waals surface area (Å²) in [6.07, 6.45) is 4.85. The maximum absolute atomic E-state index is 14.0. The lowest BCUT2D eigenvalue weighted by Gasteiger charge is -2.34. The van der Waals surface area contributed by atoms with E-state index in [4.69, 9.17) is 4.74 Å². The number of aryl methyl sites for hydroxylation is 1. The maximum Gasteiger partial charge on any atom is 0.251 e. The molecule has 1 atom stereocenters. The summed E-state index contributed by atoms with van der Waals surface area (Å²) in [6, 6.07) is 21.4. The highest BCUT2D eigenvalue weighted by atomic mass is 32.2. The van der Waals surface area contributed by atoms with Gasteiger partial charge in [0.1, 0.15) is 5.75 Å². The van der Waals surface area contributed by atoms with Crippen molar-refractivity contribution in [1.29, 1.82) is 0 Å². The average Bonchev–Trinajstić information content (AvgIpc) is 2.98. The molecule has 9 nitrogen and oxygen atoms in total. The van der Waals surface area contributed by atoms with Crippen LogP contribution in [0.25, 0.3) is 5.57 Å². The number of methoxy groups -OCH3 is 1. The lowest BCUT2D eigenvalue weighted by Crippen LogP contribution is -2.53. The van der Waals surface area contributed by atoms with Gasteiger partial charge in [-0.2, -0.15) is 0 Å². The van der Waals surface area contributed by atoms with Gasteiger partial charge < -0.3 is 20.3 Å². The summed E-state index contributed by atoms with van der Waals surface area (Å²) >= 11 is 0. The number of benzene rings is 3. The molecule has 3 aromatic carbocycles. The topological polar surface area (TPSA) is 117 Å². The summed E-state index contributed by atoms with van der Waals surface area (Å²) < 4.78 is 34.0. The van der Waals surface area contributed by atoms with Crippen LogP contribution in [0.15, 0.2) is 91.0 Å². The quantitative estimate of drug-likeness (QED) is 0.285. The van der Waals surface area contributed by atoms with Crippen LogP contribution in [0.3, 0.4) is 0 Å². The van der Waals surface area contributed by atoms with Crippen LogP contribution < -0.4 is 20.1 Å². The minimum Gasteiger partial charge on any atom is -0.497 e. The number of nitrogens with one attached hydrogen (secondary N) is 3. The Morgan fingerprint density at radius 3 is 2.36 bits per heavy atom. The second-order valence-electron chi connectivity index (χ2n) is 10.3. The molecule has 0 aliphatic heterocycles. The first-order valence-corrected chi connectivity index (χ1v) is 15.0. The van der Waals surface area contributed by atoms with Gasteiger partial charge in [0.2, 0.25) is 5.91 Å². The molecular weight excluding hydrogens is 552 g/mol. The van der Waals surface area contributed by atoms with Crippen molar-refractivity contribution in [3.05, 3.63) is 108 Å². The molecule has 1 aliphatic rings. The fourth-order valence-corrected chi connectivity index (χ4v) is 6.39. The molecule has 2 amide bonds. The Kier molecular flexibility index (Phi) is 9.37. The number of hydrogen-bond donors (Lipinski definition) is 3. The van der Waals surface area contributed by atoms with Crippen LogP contribution in [-0.4, -0.2) is 64.2 Å². The number of nitrogens with zero attached hydrogens (tertiary/aromatic N) is 1. The first-order chi connectivity index (χ1) is 20.0. The number of sulfonamides is 1. The molecule has 0 heterocycles. The Labute approximate surface area is 247 Å². The number of hydrogen-bond acceptors (Lipinski definition) is 6.